The molecule has 110 valence electrons. The Hall–Kier alpha value is -1.93. The highest BCUT2D eigenvalue weighted by Crippen LogP contribution is 2.30. The van der Waals surface area contributed by atoms with Crippen molar-refractivity contribution in [3.8, 4) is 0 Å². The lowest BCUT2D eigenvalue weighted by Crippen LogP contribution is -1.99. The SMILES string of the molecule is Cc1c(CSc2nc(CC(=O)O)cs2)cccc1[N+](=O)[O-]. The van der Waals surface area contributed by atoms with Crippen LogP contribution >= 0.6 is 23.1 Å². The average Bonchev–Trinajstić information content (AvgIpc) is 2.84. The normalized spacial score (nSPS) is 10.5. The zero-order chi connectivity index (χ0) is 15.4. The Bertz CT molecular complexity index is 685. The summed E-state index contributed by atoms with van der Waals surface area (Å²) in [5.41, 5.74) is 2.17. The van der Waals surface area contributed by atoms with E-state index in [0.717, 1.165) is 9.90 Å². The van der Waals surface area contributed by atoms with Gasteiger partial charge in [0, 0.05) is 22.8 Å². The Labute approximate surface area is 129 Å². The number of carbonyl (C=O) groups is 1. The number of hydrogen-bond donors (Lipinski definition) is 1. The third-order valence-corrected chi connectivity index (χ3v) is 4.95. The van der Waals surface area contributed by atoms with Crippen LogP contribution in [-0.4, -0.2) is 21.0 Å². The van der Waals surface area contributed by atoms with Gasteiger partial charge in [-0.2, -0.15) is 0 Å². The molecule has 0 aliphatic heterocycles. The van der Waals surface area contributed by atoms with Crippen LogP contribution in [-0.2, 0) is 17.0 Å². The zero-order valence-corrected chi connectivity index (χ0v) is 12.7. The molecule has 1 aromatic heterocycles. The molecule has 6 nitrogen and oxygen atoms in total. The zero-order valence-electron chi connectivity index (χ0n) is 11.1. The highest BCUT2D eigenvalue weighted by Gasteiger charge is 2.14. The van der Waals surface area contributed by atoms with Crippen molar-refractivity contribution in [2.45, 2.75) is 23.4 Å². The lowest BCUT2D eigenvalue weighted by Gasteiger charge is -2.04. The molecule has 0 radical (unpaired) electrons. The minimum atomic E-state index is -0.911. The van der Waals surface area contributed by atoms with Gasteiger partial charge in [-0.25, -0.2) is 4.98 Å². The number of thioether (sulfide) groups is 1. The van der Waals surface area contributed by atoms with E-state index in [2.05, 4.69) is 4.98 Å². The summed E-state index contributed by atoms with van der Waals surface area (Å²) in [6, 6.07) is 5.00. The first-order valence-corrected chi connectivity index (χ1v) is 7.85. The van der Waals surface area contributed by atoms with Crippen LogP contribution < -0.4 is 0 Å². The number of rotatable bonds is 6. The van der Waals surface area contributed by atoms with Crippen LogP contribution in [0, 0.1) is 17.0 Å². The maximum absolute atomic E-state index is 10.9. The monoisotopic (exact) mass is 324 g/mol. The summed E-state index contributed by atoms with van der Waals surface area (Å²) in [5.74, 6) is -0.348. The van der Waals surface area contributed by atoms with Crippen LogP contribution in [0.5, 0.6) is 0 Å². The smallest absolute Gasteiger partial charge is 0.309 e. The van der Waals surface area contributed by atoms with Gasteiger partial charge in [-0.05, 0) is 12.5 Å². The van der Waals surface area contributed by atoms with Gasteiger partial charge in [-0.1, -0.05) is 23.9 Å². The topological polar surface area (TPSA) is 93.3 Å². The van der Waals surface area contributed by atoms with Gasteiger partial charge >= 0.3 is 5.97 Å². The molecule has 1 N–H and O–H groups in total. The number of aliphatic carboxylic acids is 1. The highest BCUT2D eigenvalue weighted by molar-refractivity contribution is 8.00. The molecular weight excluding hydrogens is 312 g/mol. The van der Waals surface area contributed by atoms with E-state index in [4.69, 9.17) is 5.11 Å². The van der Waals surface area contributed by atoms with Crippen molar-refractivity contribution in [1.29, 1.82) is 0 Å². The minimum Gasteiger partial charge on any atom is -0.481 e. The third kappa shape index (κ3) is 4.02. The number of nitro groups is 1. The Morgan fingerprint density at radius 2 is 2.29 bits per heavy atom. The summed E-state index contributed by atoms with van der Waals surface area (Å²) in [4.78, 5) is 25.3. The molecule has 0 aliphatic carbocycles. The summed E-state index contributed by atoms with van der Waals surface area (Å²) in [5, 5.41) is 21.3. The summed E-state index contributed by atoms with van der Waals surface area (Å²) in [7, 11) is 0. The highest BCUT2D eigenvalue weighted by atomic mass is 32.2. The van der Waals surface area contributed by atoms with Crippen molar-refractivity contribution < 1.29 is 14.8 Å². The largest absolute Gasteiger partial charge is 0.481 e. The number of aromatic nitrogens is 1. The lowest BCUT2D eigenvalue weighted by molar-refractivity contribution is -0.385. The molecule has 0 spiro atoms. The molecule has 0 atom stereocenters. The number of nitro benzene ring substituents is 1. The number of benzene rings is 1. The summed E-state index contributed by atoms with van der Waals surface area (Å²) >= 11 is 2.83. The Balaban J connectivity index is 2.06. The molecule has 2 rings (SSSR count). The fourth-order valence-corrected chi connectivity index (χ4v) is 3.66. The number of thiazole rings is 1. The predicted octanol–water partition coefficient (Wildman–Crippen LogP) is 3.28. The molecule has 0 amide bonds. The minimum absolute atomic E-state index is 0.0904. The van der Waals surface area contributed by atoms with Crippen LogP contribution in [0.3, 0.4) is 0 Å². The van der Waals surface area contributed by atoms with Gasteiger partial charge in [0.25, 0.3) is 5.69 Å². The summed E-state index contributed by atoms with van der Waals surface area (Å²) in [6.45, 7) is 1.73. The van der Waals surface area contributed by atoms with Crippen molar-refractivity contribution in [2.24, 2.45) is 0 Å². The second-order valence-corrected chi connectivity index (χ2v) is 6.36. The number of nitrogens with zero attached hydrogens (tertiary/aromatic N) is 2. The molecule has 21 heavy (non-hydrogen) atoms. The quantitative estimate of drug-likeness (QED) is 0.498. The maximum Gasteiger partial charge on any atom is 0.309 e. The van der Waals surface area contributed by atoms with Crippen LogP contribution in [0.15, 0.2) is 27.9 Å². The van der Waals surface area contributed by atoms with Crippen LogP contribution in [0.25, 0.3) is 0 Å². The summed E-state index contributed by atoms with van der Waals surface area (Å²) < 4.78 is 0.761. The fourth-order valence-electron chi connectivity index (χ4n) is 1.75. The van der Waals surface area contributed by atoms with Gasteiger partial charge < -0.3 is 5.11 Å². The van der Waals surface area contributed by atoms with E-state index < -0.39 is 10.9 Å². The number of hydrogen-bond acceptors (Lipinski definition) is 6. The lowest BCUT2D eigenvalue weighted by atomic mass is 10.1. The van der Waals surface area contributed by atoms with Crippen LogP contribution in [0.2, 0.25) is 0 Å². The number of carboxylic acids is 1. The van der Waals surface area contributed by atoms with E-state index in [1.165, 1.54) is 29.2 Å². The van der Waals surface area contributed by atoms with Gasteiger partial charge in [-0.15, -0.1) is 11.3 Å². The molecule has 2 aromatic rings. The van der Waals surface area contributed by atoms with Crippen LogP contribution in [0.1, 0.15) is 16.8 Å². The van der Waals surface area contributed by atoms with E-state index in [1.54, 1.807) is 18.4 Å². The number of carboxylic acid groups (broad SMARTS) is 1. The summed E-state index contributed by atoms with van der Waals surface area (Å²) in [6.07, 6.45) is -0.0904. The van der Waals surface area contributed by atoms with Gasteiger partial charge in [0.2, 0.25) is 0 Å². The van der Waals surface area contributed by atoms with Gasteiger partial charge in [0.15, 0.2) is 0 Å². The molecule has 0 bridgehead atoms. The molecule has 1 heterocycles. The molecule has 0 aliphatic rings. The van der Waals surface area contributed by atoms with Crippen LogP contribution in [0.4, 0.5) is 5.69 Å². The first kappa shape index (κ1) is 15.5. The molecular formula is C13H12N2O4S2. The van der Waals surface area contributed by atoms with E-state index in [0.29, 0.717) is 17.0 Å². The molecule has 8 heteroatoms. The van der Waals surface area contributed by atoms with Crippen molar-refractivity contribution >= 4 is 34.8 Å². The molecule has 0 saturated heterocycles. The van der Waals surface area contributed by atoms with Gasteiger partial charge in [-0.3, -0.25) is 14.9 Å². The second-order valence-electron chi connectivity index (χ2n) is 4.28. The van der Waals surface area contributed by atoms with Crippen molar-refractivity contribution in [3.63, 3.8) is 0 Å². The van der Waals surface area contributed by atoms with Crippen molar-refractivity contribution in [2.75, 3.05) is 0 Å². The van der Waals surface area contributed by atoms with Crippen molar-refractivity contribution in [1.82, 2.24) is 4.98 Å². The first-order valence-electron chi connectivity index (χ1n) is 5.99. The average molecular weight is 324 g/mol. The van der Waals surface area contributed by atoms with E-state index in [-0.39, 0.29) is 12.1 Å². The molecule has 0 unspecified atom stereocenters. The predicted molar refractivity (Wildman–Crippen MR) is 80.8 cm³/mol. The maximum atomic E-state index is 10.9. The molecule has 0 saturated carbocycles. The standard InChI is InChI=1S/C13H12N2O4S2/c1-8-9(3-2-4-11(8)15(18)19)6-20-13-14-10(7-21-13)5-12(16)17/h2-4,7H,5-6H2,1H3,(H,16,17). The Kier molecular flexibility index (Phi) is 4.92. The molecule has 1 aromatic carbocycles. The van der Waals surface area contributed by atoms with E-state index in [9.17, 15) is 14.9 Å². The van der Waals surface area contributed by atoms with E-state index >= 15 is 0 Å². The molecule has 0 fully saturated rings. The first-order chi connectivity index (χ1) is 9.97. The second kappa shape index (κ2) is 6.68. The Morgan fingerprint density at radius 1 is 1.52 bits per heavy atom. The van der Waals surface area contributed by atoms with Gasteiger partial charge in [0.05, 0.1) is 17.0 Å². The fraction of sp³-hybridized carbons (Fsp3) is 0.231. The van der Waals surface area contributed by atoms with Crippen molar-refractivity contribution in [3.05, 3.63) is 50.5 Å². The van der Waals surface area contributed by atoms with E-state index in [1.807, 2.05) is 6.07 Å². The Morgan fingerprint density at radius 3 is 2.95 bits per heavy atom. The third-order valence-electron chi connectivity index (χ3n) is 2.83. The van der Waals surface area contributed by atoms with Gasteiger partial charge in [0.1, 0.15) is 4.34 Å².